The number of nitrogens with zero attached hydrogens (tertiary/aromatic N) is 4. The van der Waals surface area contributed by atoms with Crippen molar-refractivity contribution >= 4 is 17.4 Å². The molecule has 1 fully saturated rings. The van der Waals surface area contributed by atoms with E-state index in [4.69, 9.17) is 16.9 Å². The highest BCUT2D eigenvalue weighted by Crippen LogP contribution is 2.23. The van der Waals surface area contributed by atoms with E-state index >= 15 is 0 Å². The van der Waals surface area contributed by atoms with Gasteiger partial charge in [-0.3, -0.25) is 9.88 Å². The number of anilines is 1. The Morgan fingerprint density at radius 1 is 1.30 bits per heavy atom. The molecule has 0 aromatic carbocycles. The molecule has 6 heteroatoms. The van der Waals surface area contributed by atoms with Gasteiger partial charge in [-0.05, 0) is 31.0 Å². The zero-order valence-electron chi connectivity index (χ0n) is 12.7. The highest BCUT2D eigenvalue weighted by atomic mass is 35.5. The number of rotatable bonds is 4. The zero-order valence-corrected chi connectivity index (χ0v) is 13.5. The minimum atomic E-state index is 0.355. The molecule has 1 saturated heterocycles. The largest absolute Gasteiger partial charge is 0.366 e. The molecule has 0 atom stereocenters. The van der Waals surface area contributed by atoms with Crippen molar-refractivity contribution < 1.29 is 0 Å². The van der Waals surface area contributed by atoms with Crippen molar-refractivity contribution in [2.75, 3.05) is 18.4 Å². The number of hydrogen-bond donors (Lipinski definition) is 1. The summed E-state index contributed by atoms with van der Waals surface area (Å²) in [6.07, 6.45) is 5.45. The smallest absolute Gasteiger partial charge is 0.145 e. The van der Waals surface area contributed by atoms with E-state index in [1.165, 1.54) is 0 Å². The van der Waals surface area contributed by atoms with Crippen molar-refractivity contribution in [1.29, 1.82) is 5.26 Å². The van der Waals surface area contributed by atoms with E-state index in [2.05, 4.69) is 26.3 Å². The first-order valence-corrected chi connectivity index (χ1v) is 8.07. The van der Waals surface area contributed by atoms with Crippen LogP contribution in [0.25, 0.3) is 0 Å². The summed E-state index contributed by atoms with van der Waals surface area (Å²) in [5, 5.41) is 12.7. The second kappa shape index (κ2) is 7.40. The Hall–Kier alpha value is -2.16. The maximum absolute atomic E-state index is 8.84. The molecule has 3 heterocycles. The third-order valence-electron chi connectivity index (χ3n) is 4.01. The summed E-state index contributed by atoms with van der Waals surface area (Å²) in [4.78, 5) is 11.0. The molecule has 2 aromatic rings. The molecule has 1 aliphatic rings. The minimum absolute atomic E-state index is 0.355. The van der Waals surface area contributed by atoms with Gasteiger partial charge in [-0.2, -0.15) is 5.26 Å². The first-order valence-electron chi connectivity index (χ1n) is 7.69. The lowest BCUT2D eigenvalue weighted by molar-refractivity contribution is 0.209. The summed E-state index contributed by atoms with van der Waals surface area (Å²) in [6, 6.07) is 10.1. The molecule has 5 nitrogen and oxygen atoms in total. The van der Waals surface area contributed by atoms with Crippen LogP contribution >= 0.6 is 11.6 Å². The molecule has 1 N–H and O–H groups in total. The van der Waals surface area contributed by atoms with Gasteiger partial charge in [0.1, 0.15) is 11.9 Å². The molecule has 0 saturated carbocycles. The van der Waals surface area contributed by atoms with Gasteiger partial charge < -0.3 is 5.32 Å². The first-order chi connectivity index (χ1) is 11.2. The summed E-state index contributed by atoms with van der Waals surface area (Å²) in [7, 11) is 0. The van der Waals surface area contributed by atoms with Crippen molar-refractivity contribution in [1.82, 2.24) is 14.9 Å². The molecule has 2 aromatic heterocycles. The third kappa shape index (κ3) is 4.19. The van der Waals surface area contributed by atoms with Crippen LogP contribution in [0, 0.1) is 11.3 Å². The van der Waals surface area contributed by atoms with E-state index in [0.717, 1.165) is 38.2 Å². The molecule has 0 aliphatic carbocycles. The highest BCUT2D eigenvalue weighted by molar-refractivity contribution is 6.33. The van der Waals surface area contributed by atoms with Crippen molar-refractivity contribution in [2.24, 2.45) is 0 Å². The number of likely N-dealkylation sites (tertiary alicyclic amines) is 1. The van der Waals surface area contributed by atoms with Gasteiger partial charge in [0.2, 0.25) is 0 Å². The van der Waals surface area contributed by atoms with E-state index in [1.54, 1.807) is 12.3 Å². The van der Waals surface area contributed by atoms with E-state index in [0.29, 0.717) is 22.4 Å². The predicted octanol–water partition coefficient (Wildman–Crippen LogP) is 3.08. The molecule has 0 radical (unpaired) electrons. The van der Waals surface area contributed by atoms with Gasteiger partial charge in [-0.1, -0.05) is 17.7 Å². The van der Waals surface area contributed by atoms with Crippen LogP contribution in [0.2, 0.25) is 5.02 Å². The third-order valence-corrected chi connectivity index (χ3v) is 4.30. The van der Waals surface area contributed by atoms with Crippen LogP contribution in [0.3, 0.4) is 0 Å². The molecule has 0 spiro atoms. The average molecular weight is 328 g/mol. The van der Waals surface area contributed by atoms with E-state index in [-0.39, 0.29) is 0 Å². The normalized spacial score (nSPS) is 16.0. The number of nitrogens with one attached hydrogen (secondary N) is 1. The Morgan fingerprint density at radius 2 is 2.13 bits per heavy atom. The lowest BCUT2D eigenvalue weighted by Crippen LogP contribution is -2.39. The van der Waals surface area contributed by atoms with Crippen LogP contribution in [0.5, 0.6) is 0 Å². The van der Waals surface area contributed by atoms with Gasteiger partial charge in [0.05, 0.1) is 16.3 Å². The fraction of sp³-hybridized carbons (Fsp3) is 0.353. The molecular weight excluding hydrogens is 310 g/mol. The monoisotopic (exact) mass is 327 g/mol. The molecule has 23 heavy (non-hydrogen) atoms. The van der Waals surface area contributed by atoms with Crippen molar-refractivity contribution in [3.63, 3.8) is 0 Å². The summed E-state index contributed by atoms with van der Waals surface area (Å²) < 4.78 is 0. The van der Waals surface area contributed by atoms with E-state index in [1.807, 2.05) is 24.4 Å². The molecule has 0 amide bonds. The second-order valence-corrected chi connectivity index (χ2v) is 6.09. The van der Waals surface area contributed by atoms with Crippen LogP contribution in [0.1, 0.15) is 24.1 Å². The van der Waals surface area contributed by atoms with Gasteiger partial charge in [-0.25, -0.2) is 4.98 Å². The lowest BCUT2D eigenvalue weighted by atomic mass is 10.0. The standard InChI is InChI=1S/C17H18ClN5/c18-16-9-13(10-19)11-21-17(16)22-14-4-7-23(8-5-14)12-15-3-1-2-6-20-15/h1-3,6,9,11,14H,4-5,7-8,12H2,(H,21,22). The predicted molar refractivity (Wildman–Crippen MR) is 90.1 cm³/mol. The van der Waals surface area contributed by atoms with E-state index in [9.17, 15) is 0 Å². The van der Waals surface area contributed by atoms with Crippen molar-refractivity contribution in [3.8, 4) is 6.07 Å². The van der Waals surface area contributed by atoms with Gasteiger partial charge in [0.25, 0.3) is 0 Å². The Morgan fingerprint density at radius 3 is 2.78 bits per heavy atom. The number of halogens is 1. The van der Waals surface area contributed by atoms with Crippen molar-refractivity contribution in [3.05, 3.63) is 52.9 Å². The summed E-state index contributed by atoms with van der Waals surface area (Å²) >= 11 is 6.17. The van der Waals surface area contributed by atoms with Crippen molar-refractivity contribution in [2.45, 2.75) is 25.4 Å². The first kappa shape index (κ1) is 15.7. The molecule has 118 valence electrons. The number of nitriles is 1. The molecular formula is C17H18ClN5. The number of aromatic nitrogens is 2. The summed E-state index contributed by atoms with van der Waals surface area (Å²) in [5.74, 6) is 0.661. The Kier molecular flexibility index (Phi) is 5.06. The molecule has 3 rings (SSSR count). The quantitative estimate of drug-likeness (QED) is 0.934. The fourth-order valence-corrected chi connectivity index (χ4v) is 2.98. The van der Waals surface area contributed by atoms with Crippen LogP contribution in [-0.2, 0) is 6.54 Å². The average Bonchev–Trinajstić information content (AvgIpc) is 2.59. The summed E-state index contributed by atoms with van der Waals surface area (Å²) in [5.41, 5.74) is 1.58. The van der Waals surface area contributed by atoms with Gasteiger partial charge >= 0.3 is 0 Å². The molecule has 1 aliphatic heterocycles. The molecule has 0 bridgehead atoms. The Labute approximate surface area is 140 Å². The number of pyridine rings is 2. The second-order valence-electron chi connectivity index (χ2n) is 5.68. The maximum atomic E-state index is 8.84. The van der Waals surface area contributed by atoms with Gasteiger partial charge in [0, 0.05) is 38.1 Å². The number of piperidine rings is 1. The Bertz CT molecular complexity index is 690. The lowest BCUT2D eigenvalue weighted by Gasteiger charge is -2.32. The van der Waals surface area contributed by atoms with Crippen LogP contribution < -0.4 is 5.32 Å². The van der Waals surface area contributed by atoms with Crippen LogP contribution in [0.15, 0.2) is 36.7 Å². The zero-order chi connectivity index (χ0) is 16.1. The summed E-state index contributed by atoms with van der Waals surface area (Å²) in [6.45, 7) is 2.92. The molecule has 0 unspecified atom stereocenters. The van der Waals surface area contributed by atoms with Gasteiger partial charge in [-0.15, -0.1) is 0 Å². The fourth-order valence-electron chi connectivity index (χ4n) is 2.75. The SMILES string of the molecule is N#Cc1cnc(NC2CCN(Cc3ccccn3)CC2)c(Cl)c1. The topological polar surface area (TPSA) is 64.8 Å². The maximum Gasteiger partial charge on any atom is 0.145 e. The van der Waals surface area contributed by atoms with Gasteiger partial charge in [0.15, 0.2) is 0 Å². The minimum Gasteiger partial charge on any atom is -0.366 e. The Balaban J connectivity index is 1.52. The van der Waals surface area contributed by atoms with Crippen LogP contribution in [0.4, 0.5) is 5.82 Å². The highest BCUT2D eigenvalue weighted by Gasteiger charge is 2.20. The van der Waals surface area contributed by atoms with Crippen LogP contribution in [-0.4, -0.2) is 34.0 Å². The van der Waals surface area contributed by atoms with E-state index < -0.39 is 0 Å². The number of hydrogen-bond acceptors (Lipinski definition) is 5.